The molecule has 1 aromatic heterocycles. The summed E-state index contributed by atoms with van der Waals surface area (Å²) in [6.07, 6.45) is 3.63. The van der Waals surface area contributed by atoms with Crippen molar-refractivity contribution in [2.45, 2.75) is 18.9 Å². The first kappa shape index (κ1) is 11.0. The quantitative estimate of drug-likeness (QED) is 0.785. The van der Waals surface area contributed by atoms with E-state index in [9.17, 15) is 4.79 Å². The van der Waals surface area contributed by atoms with Crippen molar-refractivity contribution in [3.05, 3.63) is 24.0 Å². The second-order valence-electron chi connectivity index (χ2n) is 4.77. The molecule has 0 saturated carbocycles. The third-order valence-electron chi connectivity index (χ3n) is 3.79. The first-order valence-corrected chi connectivity index (χ1v) is 6.20. The van der Waals surface area contributed by atoms with Crippen LogP contribution >= 0.6 is 0 Å². The van der Waals surface area contributed by atoms with Crippen LogP contribution < -0.4 is 10.2 Å². The van der Waals surface area contributed by atoms with Crippen LogP contribution in [0.15, 0.2) is 18.3 Å². The molecule has 2 unspecified atom stereocenters. The molecule has 2 aliphatic heterocycles. The number of nitrogens with zero attached hydrogens (tertiary/aromatic N) is 3. The number of rotatable bonds is 1. The summed E-state index contributed by atoms with van der Waals surface area (Å²) in [6.45, 7) is 1.64. The van der Waals surface area contributed by atoms with E-state index in [1.165, 1.54) is 0 Å². The van der Waals surface area contributed by atoms with E-state index in [4.69, 9.17) is 5.26 Å². The Bertz CT molecular complexity index is 522. The van der Waals surface area contributed by atoms with Crippen LogP contribution in [-0.2, 0) is 4.79 Å². The van der Waals surface area contributed by atoms with Gasteiger partial charge < -0.3 is 10.2 Å². The highest BCUT2D eigenvalue weighted by Crippen LogP contribution is 2.31. The molecule has 2 saturated heterocycles. The molecule has 0 bridgehead atoms. The van der Waals surface area contributed by atoms with Crippen molar-refractivity contribution in [1.82, 2.24) is 10.3 Å². The lowest BCUT2D eigenvalue weighted by Gasteiger charge is -2.37. The molecule has 1 aromatic rings. The van der Waals surface area contributed by atoms with Gasteiger partial charge in [0.25, 0.3) is 0 Å². The van der Waals surface area contributed by atoms with Gasteiger partial charge in [0.2, 0.25) is 5.91 Å². The van der Waals surface area contributed by atoms with E-state index in [2.05, 4.69) is 21.3 Å². The first-order valence-electron chi connectivity index (χ1n) is 6.20. The largest absolute Gasteiger partial charge is 0.366 e. The summed E-state index contributed by atoms with van der Waals surface area (Å²) in [5.74, 6) is 0.261. The van der Waals surface area contributed by atoms with Crippen LogP contribution in [-0.4, -0.2) is 30.0 Å². The summed E-state index contributed by atoms with van der Waals surface area (Å²) < 4.78 is 0. The van der Waals surface area contributed by atoms with Crippen molar-refractivity contribution < 1.29 is 4.79 Å². The number of nitriles is 1. The maximum Gasteiger partial charge on any atom is 0.225 e. The fourth-order valence-electron chi connectivity index (χ4n) is 2.93. The maximum absolute atomic E-state index is 11.7. The normalized spacial score (nSPS) is 26.4. The van der Waals surface area contributed by atoms with Gasteiger partial charge in [-0.05, 0) is 25.0 Å². The Morgan fingerprint density at radius 2 is 2.44 bits per heavy atom. The summed E-state index contributed by atoms with van der Waals surface area (Å²) in [7, 11) is 0. The van der Waals surface area contributed by atoms with Crippen LogP contribution in [0.5, 0.6) is 0 Å². The van der Waals surface area contributed by atoms with E-state index < -0.39 is 0 Å². The van der Waals surface area contributed by atoms with Gasteiger partial charge in [-0.3, -0.25) is 4.79 Å². The molecule has 5 nitrogen and oxygen atoms in total. The Morgan fingerprint density at radius 3 is 3.28 bits per heavy atom. The van der Waals surface area contributed by atoms with Gasteiger partial charge in [-0.25, -0.2) is 4.98 Å². The highest BCUT2D eigenvalue weighted by atomic mass is 16.2. The molecular weight excluding hydrogens is 228 g/mol. The molecule has 2 fully saturated rings. The van der Waals surface area contributed by atoms with Gasteiger partial charge in [0, 0.05) is 25.0 Å². The minimum Gasteiger partial charge on any atom is -0.366 e. The van der Waals surface area contributed by atoms with E-state index >= 15 is 0 Å². The summed E-state index contributed by atoms with van der Waals surface area (Å²) in [5.41, 5.74) is 1.42. The van der Waals surface area contributed by atoms with Gasteiger partial charge in [-0.15, -0.1) is 0 Å². The second-order valence-corrected chi connectivity index (χ2v) is 4.77. The molecule has 2 atom stereocenters. The predicted octanol–water partition coefficient (Wildman–Crippen LogP) is 0.668. The SMILES string of the molecule is N#Cc1cc(N2CCCC3C(=O)NCC32)ccn1. The van der Waals surface area contributed by atoms with Gasteiger partial charge in [0.05, 0.1) is 12.0 Å². The third kappa shape index (κ3) is 1.70. The zero-order valence-electron chi connectivity index (χ0n) is 9.97. The van der Waals surface area contributed by atoms with Crippen LogP contribution in [0.4, 0.5) is 5.69 Å². The van der Waals surface area contributed by atoms with Gasteiger partial charge in [0.15, 0.2) is 0 Å². The van der Waals surface area contributed by atoms with Gasteiger partial charge in [-0.2, -0.15) is 5.26 Å². The Balaban J connectivity index is 1.91. The average molecular weight is 242 g/mol. The monoisotopic (exact) mass is 242 g/mol. The highest BCUT2D eigenvalue weighted by molar-refractivity contribution is 5.83. The van der Waals surface area contributed by atoms with E-state index in [0.29, 0.717) is 12.2 Å². The molecule has 18 heavy (non-hydrogen) atoms. The van der Waals surface area contributed by atoms with Crippen LogP contribution in [0.25, 0.3) is 0 Å². The lowest BCUT2D eigenvalue weighted by atomic mass is 9.91. The zero-order valence-corrected chi connectivity index (χ0v) is 9.97. The Hall–Kier alpha value is -2.09. The first-order chi connectivity index (χ1) is 8.79. The number of nitrogens with one attached hydrogen (secondary N) is 1. The number of fused-ring (bicyclic) bond motifs is 1. The molecule has 0 radical (unpaired) electrons. The van der Waals surface area contributed by atoms with Gasteiger partial charge in [0.1, 0.15) is 11.8 Å². The number of carbonyl (C=O) groups is 1. The standard InChI is InChI=1S/C13H14N4O/c14-7-9-6-10(3-4-15-9)17-5-1-2-11-12(17)8-16-13(11)18/h3-4,6,11-12H,1-2,5,8H2,(H,16,18). The molecule has 1 N–H and O–H groups in total. The van der Waals surface area contributed by atoms with Gasteiger partial charge >= 0.3 is 0 Å². The molecule has 2 aliphatic rings. The number of hydrogen-bond donors (Lipinski definition) is 1. The lowest BCUT2D eigenvalue weighted by Crippen LogP contribution is -2.45. The number of hydrogen-bond acceptors (Lipinski definition) is 4. The molecule has 5 heteroatoms. The maximum atomic E-state index is 11.7. The minimum atomic E-state index is 0.0949. The van der Waals surface area contributed by atoms with Crippen molar-refractivity contribution in [2.24, 2.45) is 5.92 Å². The Morgan fingerprint density at radius 1 is 1.56 bits per heavy atom. The summed E-state index contributed by atoms with van der Waals surface area (Å²) >= 11 is 0. The number of carbonyl (C=O) groups excluding carboxylic acids is 1. The topological polar surface area (TPSA) is 69.0 Å². The number of piperidine rings is 1. The fourth-order valence-corrected chi connectivity index (χ4v) is 2.93. The Kier molecular flexibility index (Phi) is 2.63. The van der Waals surface area contributed by atoms with E-state index in [0.717, 1.165) is 25.1 Å². The van der Waals surface area contributed by atoms with E-state index in [1.54, 1.807) is 12.3 Å². The number of anilines is 1. The van der Waals surface area contributed by atoms with Crippen LogP contribution in [0.3, 0.4) is 0 Å². The summed E-state index contributed by atoms with van der Waals surface area (Å²) in [4.78, 5) is 17.9. The molecule has 92 valence electrons. The highest BCUT2D eigenvalue weighted by Gasteiger charge is 2.40. The van der Waals surface area contributed by atoms with Crippen LogP contribution in [0.1, 0.15) is 18.5 Å². The van der Waals surface area contributed by atoms with Crippen LogP contribution in [0, 0.1) is 17.2 Å². The van der Waals surface area contributed by atoms with E-state index in [1.807, 2.05) is 6.07 Å². The number of pyridine rings is 1. The summed E-state index contributed by atoms with van der Waals surface area (Å²) in [5, 5.41) is 11.8. The predicted molar refractivity (Wildman–Crippen MR) is 65.8 cm³/mol. The fraction of sp³-hybridized carbons (Fsp3) is 0.462. The molecule has 3 rings (SSSR count). The molecule has 1 amide bonds. The molecule has 0 aliphatic carbocycles. The molecular formula is C13H14N4O. The smallest absolute Gasteiger partial charge is 0.225 e. The van der Waals surface area contributed by atoms with Crippen molar-refractivity contribution in [2.75, 3.05) is 18.0 Å². The number of amides is 1. The van der Waals surface area contributed by atoms with Crippen molar-refractivity contribution >= 4 is 11.6 Å². The van der Waals surface area contributed by atoms with Crippen LogP contribution in [0.2, 0.25) is 0 Å². The number of aromatic nitrogens is 1. The molecule has 0 aromatic carbocycles. The van der Waals surface area contributed by atoms with Gasteiger partial charge in [-0.1, -0.05) is 0 Å². The minimum absolute atomic E-state index is 0.0949. The summed E-state index contributed by atoms with van der Waals surface area (Å²) in [6, 6.07) is 5.98. The lowest BCUT2D eigenvalue weighted by molar-refractivity contribution is -0.122. The van der Waals surface area contributed by atoms with Crippen molar-refractivity contribution in [1.29, 1.82) is 5.26 Å². The Labute approximate surface area is 105 Å². The van der Waals surface area contributed by atoms with E-state index in [-0.39, 0.29) is 17.9 Å². The average Bonchev–Trinajstić information content (AvgIpc) is 2.81. The second kappa shape index (κ2) is 4.30. The molecule has 3 heterocycles. The zero-order chi connectivity index (χ0) is 12.5. The third-order valence-corrected chi connectivity index (χ3v) is 3.79. The van der Waals surface area contributed by atoms with Crippen molar-refractivity contribution in [3.63, 3.8) is 0 Å². The van der Waals surface area contributed by atoms with Crippen molar-refractivity contribution in [3.8, 4) is 6.07 Å². The molecule has 0 spiro atoms.